The van der Waals surface area contributed by atoms with E-state index in [4.69, 9.17) is 14.5 Å². The van der Waals surface area contributed by atoms with E-state index in [9.17, 15) is 4.79 Å². The van der Waals surface area contributed by atoms with Gasteiger partial charge >= 0.3 is 0 Å². The lowest BCUT2D eigenvalue weighted by molar-refractivity contribution is 0.0998. The molecule has 0 amide bonds. The number of methoxy groups -OCH3 is 2. The van der Waals surface area contributed by atoms with E-state index >= 15 is 0 Å². The number of nitrogens with zero attached hydrogens (tertiary/aromatic N) is 2. The van der Waals surface area contributed by atoms with Gasteiger partial charge in [-0.15, -0.1) is 0 Å². The van der Waals surface area contributed by atoms with Crippen LogP contribution in [0.3, 0.4) is 0 Å². The van der Waals surface area contributed by atoms with Gasteiger partial charge in [0, 0.05) is 24.1 Å². The number of benzene rings is 2. The topological polar surface area (TPSA) is 53.3 Å². The van der Waals surface area contributed by atoms with E-state index in [-0.39, 0.29) is 11.8 Å². The Bertz CT molecular complexity index is 939. The van der Waals surface area contributed by atoms with Crippen molar-refractivity contribution in [1.29, 1.82) is 0 Å². The molecule has 3 aromatic rings. The van der Waals surface area contributed by atoms with Crippen LogP contribution in [0.2, 0.25) is 0 Å². The summed E-state index contributed by atoms with van der Waals surface area (Å²) in [5.74, 6) is 1.96. The van der Waals surface area contributed by atoms with Crippen LogP contribution in [0, 0.1) is 0 Å². The molecule has 0 N–H and O–H groups in total. The monoisotopic (exact) mass is 364 g/mol. The minimum atomic E-state index is -0.0572. The fourth-order valence-electron chi connectivity index (χ4n) is 3.16. The van der Waals surface area contributed by atoms with E-state index in [0.29, 0.717) is 5.82 Å². The Labute approximate surface area is 159 Å². The molecule has 0 aliphatic rings. The van der Waals surface area contributed by atoms with Crippen molar-refractivity contribution in [3.05, 3.63) is 54.4 Å². The minimum Gasteiger partial charge on any atom is -0.497 e. The summed E-state index contributed by atoms with van der Waals surface area (Å²) in [4.78, 5) is 17.0. The number of ether oxygens (including phenoxy) is 2. The van der Waals surface area contributed by atoms with Gasteiger partial charge in [-0.05, 0) is 62.4 Å². The zero-order valence-corrected chi connectivity index (χ0v) is 16.3. The summed E-state index contributed by atoms with van der Waals surface area (Å²) < 4.78 is 12.5. The molecule has 0 spiro atoms. The van der Waals surface area contributed by atoms with Crippen molar-refractivity contribution in [2.75, 3.05) is 14.2 Å². The van der Waals surface area contributed by atoms with Crippen molar-refractivity contribution in [3.8, 4) is 34.0 Å². The molecule has 0 aliphatic heterocycles. The van der Waals surface area contributed by atoms with Gasteiger partial charge in [0.1, 0.15) is 11.5 Å². The summed E-state index contributed by atoms with van der Waals surface area (Å²) in [6.45, 7) is 5.66. The predicted octanol–water partition coefficient (Wildman–Crippen LogP) is 5.02. The third kappa shape index (κ3) is 3.58. The van der Waals surface area contributed by atoms with Crippen molar-refractivity contribution in [2.45, 2.75) is 26.8 Å². The van der Waals surface area contributed by atoms with Gasteiger partial charge in [0.05, 0.1) is 25.6 Å². The van der Waals surface area contributed by atoms with Crippen LogP contribution < -0.4 is 9.47 Å². The van der Waals surface area contributed by atoms with Gasteiger partial charge in [-0.3, -0.25) is 4.79 Å². The smallest absolute Gasteiger partial charge is 0.195 e. The Morgan fingerprint density at radius 1 is 0.889 bits per heavy atom. The third-order valence-corrected chi connectivity index (χ3v) is 4.47. The van der Waals surface area contributed by atoms with Gasteiger partial charge in [-0.1, -0.05) is 0 Å². The normalized spacial score (nSPS) is 10.9. The standard InChI is InChI=1S/C22H24N2O3/c1-14(2)24-21(17-8-12-19(27-5)13-9-17)20(23-22(24)15(3)25)16-6-10-18(26-4)11-7-16/h6-14H,1-5H3. The molecule has 27 heavy (non-hydrogen) atoms. The SMILES string of the molecule is COc1ccc(-c2nc(C(C)=O)n(C(C)C)c2-c2ccc(OC)cc2)cc1. The molecule has 0 bridgehead atoms. The van der Waals surface area contributed by atoms with Gasteiger partial charge in [-0.2, -0.15) is 0 Å². The fourth-order valence-corrected chi connectivity index (χ4v) is 3.16. The van der Waals surface area contributed by atoms with Crippen LogP contribution in [0.15, 0.2) is 48.5 Å². The lowest BCUT2D eigenvalue weighted by atomic mass is 10.0. The summed E-state index contributed by atoms with van der Waals surface area (Å²) in [7, 11) is 3.28. The molecule has 3 rings (SSSR count). The molecule has 0 aliphatic carbocycles. The number of carbonyl (C=O) groups is 1. The first-order valence-corrected chi connectivity index (χ1v) is 8.88. The molecule has 0 atom stereocenters. The van der Waals surface area contributed by atoms with Gasteiger partial charge in [0.2, 0.25) is 0 Å². The van der Waals surface area contributed by atoms with E-state index < -0.39 is 0 Å². The number of hydrogen-bond acceptors (Lipinski definition) is 4. The molecule has 0 saturated heterocycles. The molecule has 5 heteroatoms. The van der Waals surface area contributed by atoms with Gasteiger partial charge < -0.3 is 14.0 Å². The summed E-state index contributed by atoms with van der Waals surface area (Å²) in [5, 5.41) is 0. The summed E-state index contributed by atoms with van der Waals surface area (Å²) in [6.07, 6.45) is 0. The first-order chi connectivity index (χ1) is 13.0. The first-order valence-electron chi connectivity index (χ1n) is 8.88. The van der Waals surface area contributed by atoms with Gasteiger partial charge in [-0.25, -0.2) is 4.98 Å². The maximum Gasteiger partial charge on any atom is 0.195 e. The van der Waals surface area contributed by atoms with Crippen LogP contribution >= 0.6 is 0 Å². The number of imidazole rings is 1. The second-order valence-electron chi connectivity index (χ2n) is 6.61. The maximum absolute atomic E-state index is 12.3. The number of Topliss-reactive ketones (excluding diaryl/α,β-unsaturated/α-hetero) is 1. The molecule has 0 saturated carbocycles. The molecule has 1 heterocycles. The second kappa shape index (κ2) is 7.66. The first kappa shape index (κ1) is 18.7. The molecule has 0 radical (unpaired) electrons. The molecule has 2 aromatic carbocycles. The largest absolute Gasteiger partial charge is 0.497 e. The van der Waals surface area contributed by atoms with Crippen LogP contribution in [-0.4, -0.2) is 29.6 Å². The fraction of sp³-hybridized carbons (Fsp3) is 0.273. The second-order valence-corrected chi connectivity index (χ2v) is 6.61. The molecular formula is C22H24N2O3. The Kier molecular flexibility index (Phi) is 5.31. The molecule has 5 nitrogen and oxygen atoms in total. The zero-order chi connectivity index (χ0) is 19.6. The minimum absolute atomic E-state index is 0.0572. The number of carbonyl (C=O) groups excluding carboxylic acids is 1. The average molecular weight is 364 g/mol. The van der Waals surface area contributed by atoms with Crippen molar-refractivity contribution in [3.63, 3.8) is 0 Å². The number of hydrogen-bond donors (Lipinski definition) is 0. The highest BCUT2D eigenvalue weighted by Gasteiger charge is 2.23. The van der Waals surface area contributed by atoms with Crippen LogP contribution in [0.1, 0.15) is 37.4 Å². The molecule has 0 fully saturated rings. The zero-order valence-electron chi connectivity index (χ0n) is 16.3. The molecule has 0 unspecified atom stereocenters. The molecule has 1 aromatic heterocycles. The Morgan fingerprint density at radius 3 is 1.78 bits per heavy atom. The Morgan fingerprint density at radius 2 is 1.37 bits per heavy atom. The highest BCUT2D eigenvalue weighted by atomic mass is 16.5. The van der Waals surface area contributed by atoms with Crippen LogP contribution in [0.25, 0.3) is 22.5 Å². The summed E-state index contributed by atoms with van der Waals surface area (Å²) >= 11 is 0. The molecular weight excluding hydrogens is 340 g/mol. The maximum atomic E-state index is 12.3. The van der Waals surface area contributed by atoms with Crippen LogP contribution in [0.4, 0.5) is 0 Å². The van der Waals surface area contributed by atoms with Crippen molar-refractivity contribution in [2.24, 2.45) is 0 Å². The van der Waals surface area contributed by atoms with Crippen molar-refractivity contribution in [1.82, 2.24) is 9.55 Å². The average Bonchev–Trinajstić information content (AvgIpc) is 3.09. The summed E-state index contributed by atoms with van der Waals surface area (Å²) in [6, 6.07) is 15.6. The van der Waals surface area contributed by atoms with Crippen molar-refractivity contribution < 1.29 is 14.3 Å². The number of ketones is 1. The van der Waals surface area contributed by atoms with Crippen LogP contribution in [0.5, 0.6) is 11.5 Å². The van der Waals surface area contributed by atoms with E-state index in [1.54, 1.807) is 21.1 Å². The Balaban J connectivity index is 2.27. The van der Waals surface area contributed by atoms with E-state index in [1.165, 1.54) is 0 Å². The lowest BCUT2D eigenvalue weighted by Crippen LogP contribution is -2.11. The predicted molar refractivity (Wildman–Crippen MR) is 107 cm³/mol. The van der Waals surface area contributed by atoms with Crippen LogP contribution in [-0.2, 0) is 0 Å². The highest BCUT2D eigenvalue weighted by Crippen LogP contribution is 2.36. The van der Waals surface area contributed by atoms with Gasteiger partial charge in [0.15, 0.2) is 11.6 Å². The van der Waals surface area contributed by atoms with E-state index in [1.807, 2.05) is 53.1 Å². The third-order valence-electron chi connectivity index (χ3n) is 4.47. The number of rotatable bonds is 6. The van der Waals surface area contributed by atoms with E-state index in [0.717, 1.165) is 34.0 Å². The number of aromatic nitrogens is 2. The van der Waals surface area contributed by atoms with E-state index in [2.05, 4.69) is 13.8 Å². The highest BCUT2D eigenvalue weighted by molar-refractivity contribution is 5.94. The lowest BCUT2D eigenvalue weighted by Gasteiger charge is -2.16. The Hall–Kier alpha value is -3.08. The van der Waals surface area contributed by atoms with Crippen molar-refractivity contribution >= 4 is 5.78 Å². The van der Waals surface area contributed by atoms with Gasteiger partial charge in [0.25, 0.3) is 0 Å². The molecule has 140 valence electrons. The quantitative estimate of drug-likeness (QED) is 0.577. The summed E-state index contributed by atoms with van der Waals surface area (Å²) in [5.41, 5.74) is 3.61.